The third kappa shape index (κ3) is 4.70. The van der Waals surface area contributed by atoms with Crippen LogP contribution in [0.3, 0.4) is 0 Å². The Labute approximate surface area is 201 Å². The van der Waals surface area contributed by atoms with Crippen LogP contribution in [-0.2, 0) is 11.8 Å². The standard InChI is InChI=1S/C23H26FN9O2/c1-15-20(35-10-7-32-5-8-34-9-6-32)4-3-19(21(15)24)33-23(28-29-30-33)18-11-16(12-26-22(18)25)17-13-27-31(2)14-17/h3-4,11-14H,5-10H2,1-2H3,(H2,25,26). The molecule has 4 heterocycles. The van der Waals surface area contributed by atoms with E-state index in [0.717, 1.165) is 44.0 Å². The molecule has 1 saturated heterocycles. The Morgan fingerprint density at radius 1 is 1.17 bits per heavy atom. The van der Waals surface area contributed by atoms with Gasteiger partial charge < -0.3 is 15.2 Å². The van der Waals surface area contributed by atoms with Crippen molar-refractivity contribution in [3.8, 4) is 34.0 Å². The van der Waals surface area contributed by atoms with Crippen LogP contribution in [0.1, 0.15) is 5.56 Å². The van der Waals surface area contributed by atoms with E-state index in [1.54, 1.807) is 36.1 Å². The summed E-state index contributed by atoms with van der Waals surface area (Å²) in [5.41, 5.74) is 8.85. The molecular formula is C23H26FN9O2. The molecule has 35 heavy (non-hydrogen) atoms. The number of benzene rings is 1. The lowest BCUT2D eigenvalue weighted by Gasteiger charge is -2.26. The Hall–Kier alpha value is -3.90. The topological polar surface area (TPSA) is 122 Å². The molecule has 12 heteroatoms. The summed E-state index contributed by atoms with van der Waals surface area (Å²) in [5.74, 6) is 0.514. The zero-order valence-electron chi connectivity index (χ0n) is 19.6. The fraction of sp³-hybridized carbons (Fsp3) is 0.348. The van der Waals surface area contributed by atoms with Gasteiger partial charge in [-0.1, -0.05) is 0 Å². The van der Waals surface area contributed by atoms with E-state index in [1.807, 2.05) is 19.3 Å². The number of morpholine rings is 1. The number of tetrazole rings is 1. The van der Waals surface area contributed by atoms with Crippen molar-refractivity contribution in [2.24, 2.45) is 7.05 Å². The minimum atomic E-state index is -0.475. The van der Waals surface area contributed by atoms with Crippen molar-refractivity contribution in [1.82, 2.24) is 39.9 Å². The van der Waals surface area contributed by atoms with Crippen molar-refractivity contribution in [2.75, 3.05) is 45.2 Å². The van der Waals surface area contributed by atoms with E-state index in [0.29, 0.717) is 23.5 Å². The number of hydrogen-bond donors (Lipinski definition) is 1. The van der Waals surface area contributed by atoms with Crippen LogP contribution >= 0.6 is 0 Å². The normalized spacial score (nSPS) is 14.4. The number of pyridine rings is 1. The summed E-state index contributed by atoms with van der Waals surface area (Å²) in [6, 6.07) is 5.14. The first-order valence-corrected chi connectivity index (χ1v) is 11.3. The molecule has 0 radical (unpaired) electrons. The average Bonchev–Trinajstić information content (AvgIpc) is 3.52. The van der Waals surface area contributed by atoms with Gasteiger partial charge in [0, 0.05) is 55.8 Å². The van der Waals surface area contributed by atoms with Gasteiger partial charge in [-0.3, -0.25) is 9.58 Å². The van der Waals surface area contributed by atoms with E-state index in [-0.39, 0.29) is 17.3 Å². The van der Waals surface area contributed by atoms with Gasteiger partial charge in [0.1, 0.15) is 23.9 Å². The molecule has 182 valence electrons. The first kappa shape index (κ1) is 22.9. The SMILES string of the molecule is Cc1c(OCCN2CCOCC2)ccc(-n2nnnc2-c2cc(-c3cnn(C)c3)cnc2N)c1F. The van der Waals surface area contributed by atoms with Gasteiger partial charge in [0.2, 0.25) is 0 Å². The molecule has 0 amide bonds. The lowest BCUT2D eigenvalue weighted by Crippen LogP contribution is -2.38. The number of rotatable bonds is 7. The molecule has 0 unspecified atom stereocenters. The van der Waals surface area contributed by atoms with Gasteiger partial charge in [0.05, 0.1) is 25.0 Å². The highest BCUT2D eigenvalue weighted by atomic mass is 19.1. The Balaban J connectivity index is 1.40. The van der Waals surface area contributed by atoms with Crippen LogP contribution in [0.5, 0.6) is 5.75 Å². The lowest BCUT2D eigenvalue weighted by molar-refractivity contribution is 0.0322. The van der Waals surface area contributed by atoms with Crippen molar-refractivity contribution < 1.29 is 13.9 Å². The van der Waals surface area contributed by atoms with Gasteiger partial charge in [-0.25, -0.2) is 9.37 Å². The quantitative estimate of drug-likeness (QED) is 0.423. The highest BCUT2D eigenvalue weighted by molar-refractivity contribution is 5.76. The Kier molecular flexibility index (Phi) is 6.38. The molecule has 1 aromatic carbocycles. The Morgan fingerprint density at radius 3 is 2.77 bits per heavy atom. The van der Waals surface area contributed by atoms with Crippen LogP contribution in [0, 0.1) is 12.7 Å². The van der Waals surface area contributed by atoms with Crippen molar-refractivity contribution in [3.63, 3.8) is 0 Å². The molecule has 3 aromatic heterocycles. The van der Waals surface area contributed by atoms with Gasteiger partial charge in [-0.05, 0) is 35.5 Å². The van der Waals surface area contributed by atoms with E-state index in [9.17, 15) is 0 Å². The molecule has 0 bridgehead atoms. The third-order valence-corrected chi connectivity index (χ3v) is 5.98. The maximum absolute atomic E-state index is 15.5. The monoisotopic (exact) mass is 479 g/mol. The van der Waals surface area contributed by atoms with Crippen LogP contribution in [0.2, 0.25) is 0 Å². The fourth-order valence-corrected chi connectivity index (χ4v) is 3.98. The van der Waals surface area contributed by atoms with Gasteiger partial charge in [0.15, 0.2) is 11.6 Å². The number of ether oxygens (including phenoxy) is 2. The zero-order chi connectivity index (χ0) is 24.4. The first-order chi connectivity index (χ1) is 17.0. The number of aromatic nitrogens is 7. The van der Waals surface area contributed by atoms with E-state index in [2.05, 4.69) is 30.5 Å². The summed E-state index contributed by atoms with van der Waals surface area (Å²) in [5, 5.41) is 16.1. The Morgan fingerprint density at radius 2 is 2.00 bits per heavy atom. The fourth-order valence-electron chi connectivity index (χ4n) is 3.98. The van der Waals surface area contributed by atoms with Gasteiger partial charge in [-0.15, -0.1) is 5.10 Å². The molecular weight excluding hydrogens is 453 g/mol. The molecule has 11 nitrogen and oxygen atoms in total. The molecule has 0 spiro atoms. The number of aryl methyl sites for hydroxylation is 1. The van der Waals surface area contributed by atoms with Crippen LogP contribution < -0.4 is 10.5 Å². The summed E-state index contributed by atoms with van der Waals surface area (Å²) in [7, 11) is 1.83. The van der Waals surface area contributed by atoms with E-state index >= 15 is 4.39 Å². The molecule has 0 saturated carbocycles. The lowest BCUT2D eigenvalue weighted by atomic mass is 10.1. The summed E-state index contributed by atoms with van der Waals surface area (Å²) in [6.07, 6.45) is 5.24. The number of nitrogens with two attached hydrogens (primary N) is 1. The zero-order valence-corrected chi connectivity index (χ0v) is 19.6. The number of halogens is 1. The average molecular weight is 480 g/mol. The molecule has 1 aliphatic heterocycles. The maximum atomic E-state index is 15.5. The Bertz CT molecular complexity index is 1330. The van der Waals surface area contributed by atoms with Gasteiger partial charge in [-0.2, -0.15) is 9.78 Å². The second-order valence-corrected chi connectivity index (χ2v) is 8.30. The predicted octanol–water partition coefficient (Wildman–Crippen LogP) is 1.87. The summed E-state index contributed by atoms with van der Waals surface area (Å²) < 4.78 is 29.7. The number of hydrogen-bond acceptors (Lipinski definition) is 9. The smallest absolute Gasteiger partial charge is 0.190 e. The molecule has 1 fully saturated rings. The van der Waals surface area contributed by atoms with Crippen molar-refractivity contribution in [3.05, 3.63) is 48.2 Å². The highest BCUT2D eigenvalue weighted by Crippen LogP contribution is 2.31. The van der Waals surface area contributed by atoms with Crippen molar-refractivity contribution in [2.45, 2.75) is 6.92 Å². The molecule has 1 aliphatic rings. The second kappa shape index (κ2) is 9.76. The van der Waals surface area contributed by atoms with E-state index < -0.39 is 5.82 Å². The van der Waals surface area contributed by atoms with Gasteiger partial charge in [0.25, 0.3) is 0 Å². The molecule has 4 aromatic rings. The maximum Gasteiger partial charge on any atom is 0.190 e. The van der Waals surface area contributed by atoms with Crippen LogP contribution in [0.25, 0.3) is 28.2 Å². The predicted molar refractivity (Wildman–Crippen MR) is 126 cm³/mol. The van der Waals surface area contributed by atoms with Crippen molar-refractivity contribution in [1.29, 1.82) is 0 Å². The van der Waals surface area contributed by atoms with Crippen LogP contribution in [0.4, 0.5) is 10.2 Å². The summed E-state index contributed by atoms with van der Waals surface area (Å²) >= 11 is 0. The number of nitrogen functional groups attached to an aromatic ring is 1. The third-order valence-electron chi connectivity index (χ3n) is 5.98. The second-order valence-electron chi connectivity index (χ2n) is 8.30. The molecule has 0 aliphatic carbocycles. The molecule has 0 atom stereocenters. The number of anilines is 1. The molecule has 2 N–H and O–H groups in total. The van der Waals surface area contributed by atoms with E-state index in [1.165, 1.54) is 4.68 Å². The van der Waals surface area contributed by atoms with Gasteiger partial charge >= 0.3 is 0 Å². The van der Waals surface area contributed by atoms with E-state index in [4.69, 9.17) is 15.2 Å². The number of nitrogens with zero attached hydrogens (tertiary/aromatic N) is 8. The largest absolute Gasteiger partial charge is 0.492 e. The highest BCUT2D eigenvalue weighted by Gasteiger charge is 2.21. The summed E-state index contributed by atoms with van der Waals surface area (Å²) in [6.45, 7) is 6.08. The van der Waals surface area contributed by atoms with Crippen LogP contribution in [0.15, 0.2) is 36.8 Å². The minimum absolute atomic E-state index is 0.189. The molecule has 5 rings (SSSR count). The van der Waals surface area contributed by atoms with Crippen molar-refractivity contribution >= 4 is 5.82 Å². The minimum Gasteiger partial charge on any atom is -0.492 e. The summed E-state index contributed by atoms with van der Waals surface area (Å²) in [4.78, 5) is 6.55. The van der Waals surface area contributed by atoms with Crippen LogP contribution in [-0.4, -0.2) is 79.3 Å². The first-order valence-electron chi connectivity index (χ1n) is 11.3.